The van der Waals surface area contributed by atoms with Gasteiger partial charge in [-0.15, -0.1) is 11.3 Å². The van der Waals surface area contributed by atoms with Crippen LogP contribution in [-0.2, 0) is 6.54 Å². The van der Waals surface area contributed by atoms with Gasteiger partial charge in [-0.25, -0.2) is 9.97 Å². The highest BCUT2D eigenvalue weighted by atomic mass is 32.1. The molecule has 0 aliphatic heterocycles. The minimum atomic E-state index is 0.675. The van der Waals surface area contributed by atoms with Crippen LogP contribution in [0.25, 0.3) is 10.6 Å². The number of aromatic nitrogens is 2. The van der Waals surface area contributed by atoms with Crippen LogP contribution in [0.4, 0.5) is 0 Å². The highest BCUT2D eigenvalue weighted by molar-refractivity contribution is 7.13. The predicted octanol–water partition coefficient (Wildman–Crippen LogP) is 2.22. The lowest BCUT2D eigenvalue weighted by atomic mass is 10.3. The van der Waals surface area contributed by atoms with E-state index in [1.54, 1.807) is 17.5 Å². The lowest BCUT2D eigenvalue weighted by Crippen LogP contribution is -2.11. The van der Waals surface area contributed by atoms with E-state index in [1.165, 1.54) is 0 Å². The molecule has 15 heavy (non-hydrogen) atoms. The Morgan fingerprint density at radius 1 is 1.47 bits per heavy atom. The van der Waals surface area contributed by atoms with Crippen LogP contribution in [0.15, 0.2) is 16.1 Å². The van der Waals surface area contributed by atoms with Crippen molar-refractivity contribution < 1.29 is 4.42 Å². The quantitative estimate of drug-likeness (QED) is 0.863. The summed E-state index contributed by atoms with van der Waals surface area (Å²) >= 11 is 1.57. The molecule has 0 aliphatic carbocycles. The van der Waals surface area contributed by atoms with Crippen LogP contribution in [0, 0.1) is 6.92 Å². The van der Waals surface area contributed by atoms with Gasteiger partial charge in [-0.2, -0.15) is 0 Å². The van der Waals surface area contributed by atoms with E-state index in [4.69, 9.17) is 4.42 Å². The average Bonchev–Trinajstić information content (AvgIpc) is 2.83. The fourth-order valence-electron chi connectivity index (χ4n) is 1.27. The lowest BCUT2D eigenvalue weighted by Gasteiger charge is -1.95. The number of nitrogens with one attached hydrogen (secondary N) is 1. The van der Waals surface area contributed by atoms with Crippen molar-refractivity contribution in [1.29, 1.82) is 0 Å². The van der Waals surface area contributed by atoms with Crippen LogP contribution < -0.4 is 5.32 Å². The molecule has 2 aromatic rings. The molecule has 2 heterocycles. The third-order valence-electron chi connectivity index (χ3n) is 2.05. The molecule has 0 saturated carbocycles. The standard InChI is InChI=1S/C10H13N3OS/c1-3-11-5-9-12-4-8(14-9)10-7(2)13-6-15-10/h4,6,11H,3,5H2,1-2H3. The minimum Gasteiger partial charge on any atom is -0.438 e. The van der Waals surface area contributed by atoms with Crippen LogP contribution in [0.5, 0.6) is 0 Å². The minimum absolute atomic E-state index is 0.675. The second-order valence-corrected chi connectivity index (χ2v) is 4.02. The second kappa shape index (κ2) is 4.55. The lowest BCUT2D eigenvalue weighted by molar-refractivity contribution is 0.483. The summed E-state index contributed by atoms with van der Waals surface area (Å²) in [6.45, 7) is 5.61. The molecule has 0 aliphatic rings. The average molecular weight is 223 g/mol. The zero-order valence-electron chi connectivity index (χ0n) is 8.78. The SMILES string of the molecule is CCNCc1ncc(-c2scnc2C)o1. The Balaban J connectivity index is 2.17. The molecule has 2 rings (SSSR count). The van der Waals surface area contributed by atoms with Gasteiger partial charge in [0.2, 0.25) is 5.89 Å². The van der Waals surface area contributed by atoms with E-state index in [9.17, 15) is 0 Å². The molecular weight excluding hydrogens is 210 g/mol. The number of nitrogens with zero attached hydrogens (tertiary/aromatic N) is 2. The van der Waals surface area contributed by atoms with Crippen LogP contribution >= 0.6 is 11.3 Å². The summed E-state index contributed by atoms with van der Waals surface area (Å²) in [7, 11) is 0. The molecule has 0 bridgehead atoms. The zero-order valence-corrected chi connectivity index (χ0v) is 9.60. The van der Waals surface area contributed by atoms with Gasteiger partial charge in [-0.1, -0.05) is 6.92 Å². The Bertz CT molecular complexity index is 435. The third-order valence-corrected chi connectivity index (χ3v) is 2.99. The maximum absolute atomic E-state index is 5.61. The van der Waals surface area contributed by atoms with Gasteiger partial charge in [-0.05, 0) is 13.5 Å². The molecule has 0 saturated heterocycles. The summed E-state index contributed by atoms with van der Waals surface area (Å²) in [5.41, 5.74) is 2.81. The number of hydrogen-bond donors (Lipinski definition) is 1. The molecule has 2 aromatic heterocycles. The Hall–Kier alpha value is -1.20. The zero-order chi connectivity index (χ0) is 10.7. The molecule has 0 fully saturated rings. The van der Waals surface area contributed by atoms with Gasteiger partial charge in [0.15, 0.2) is 5.76 Å². The van der Waals surface area contributed by atoms with Crippen molar-refractivity contribution in [2.24, 2.45) is 0 Å². The van der Waals surface area contributed by atoms with Gasteiger partial charge in [0.25, 0.3) is 0 Å². The molecular formula is C10H13N3OS. The molecule has 0 unspecified atom stereocenters. The molecule has 0 spiro atoms. The van der Waals surface area contributed by atoms with Gasteiger partial charge in [0.05, 0.1) is 28.8 Å². The van der Waals surface area contributed by atoms with Crippen LogP contribution in [0.2, 0.25) is 0 Å². The summed E-state index contributed by atoms with van der Waals surface area (Å²) in [5, 5.41) is 3.17. The Kier molecular flexibility index (Phi) is 3.13. The van der Waals surface area contributed by atoms with Crippen molar-refractivity contribution in [2.75, 3.05) is 6.54 Å². The molecule has 1 N–H and O–H groups in total. The molecule has 80 valence electrons. The van der Waals surface area contributed by atoms with Gasteiger partial charge < -0.3 is 9.73 Å². The van der Waals surface area contributed by atoms with Crippen LogP contribution in [0.1, 0.15) is 18.5 Å². The number of hydrogen-bond acceptors (Lipinski definition) is 5. The Labute approximate surface area is 92.4 Å². The molecule has 0 aromatic carbocycles. The number of aryl methyl sites for hydroxylation is 1. The molecule has 0 atom stereocenters. The van der Waals surface area contributed by atoms with Crippen LogP contribution in [-0.4, -0.2) is 16.5 Å². The molecule has 4 nitrogen and oxygen atoms in total. The van der Waals surface area contributed by atoms with Crippen molar-refractivity contribution in [3.63, 3.8) is 0 Å². The Morgan fingerprint density at radius 3 is 3.00 bits per heavy atom. The molecule has 5 heteroatoms. The van der Waals surface area contributed by atoms with E-state index in [2.05, 4.69) is 22.2 Å². The Morgan fingerprint density at radius 2 is 2.33 bits per heavy atom. The summed E-state index contributed by atoms with van der Waals surface area (Å²) in [6.07, 6.45) is 1.76. The van der Waals surface area contributed by atoms with Gasteiger partial charge in [-0.3, -0.25) is 0 Å². The van der Waals surface area contributed by atoms with Crippen molar-refractivity contribution in [3.8, 4) is 10.6 Å². The van der Waals surface area contributed by atoms with E-state index < -0.39 is 0 Å². The molecule has 0 amide bonds. The summed E-state index contributed by atoms with van der Waals surface area (Å²) < 4.78 is 5.61. The first-order valence-electron chi connectivity index (χ1n) is 4.87. The van der Waals surface area contributed by atoms with Gasteiger partial charge >= 0.3 is 0 Å². The number of oxazole rings is 1. The van der Waals surface area contributed by atoms with E-state index in [1.807, 2.05) is 12.4 Å². The fourth-order valence-corrected chi connectivity index (χ4v) is 2.02. The fraction of sp³-hybridized carbons (Fsp3) is 0.400. The maximum atomic E-state index is 5.61. The van der Waals surface area contributed by atoms with E-state index in [0.717, 1.165) is 28.8 Å². The monoisotopic (exact) mass is 223 g/mol. The summed E-state index contributed by atoms with van der Waals surface area (Å²) in [4.78, 5) is 9.44. The predicted molar refractivity (Wildman–Crippen MR) is 59.7 cm³/mol. The largest absolute Gasteiger partial charge is 0.438 e. The van der Waals surface area contributed by atoms with Gasteiger partial charge in [0, 0.05) is 0 Å². The normalized spacial score (nSPS) is 10.8. The smallest absolute Gasteiger partial charge is 0.208 e. The van der Waals surface area contributed by atoms with Gasteiger partial charge in [0.1, 0.15) is 0 Å². The molecule has 0 radical (unpaired) electrons. The van der Waals surface area contributed by atoms with E-state index in [-0.39, 0.29) is 0 Å². The third kappa shape index (κ3) is 2.24. The first kappa shape index (κ1) is 10.3. The topological polar surface area (TPSA) is 51.0 Å². The first-order chi connectivity index (χ1) is 7.31. The van der Waals surface area contributed by atoms with Crippen molar-refractivity contribution >= 4 is 11.3 Å². The van der Waals surface area contributed by atoms with E-state index in [0.29, 0.717) is 6.54 Å². The van der Waals surface area contributed by atoms with Crippen molar-refractivity contribution in [2.45, 2.75) is 20.4 Å². The number of thiazole rings is 1. The number of rotatable bonds is 4. The first-order valence-corrected chi connectivity index (χ1v) is 5.75. The van der Waals surface area contributed by atoms with Crippen molar-refractivity contribution in [3.05, 3.63) is 23.3 Å². The van der Waals surface area contributed by atoms with E-state index >= 15 is 0 Å². The second-order valence-electron chi connectivity index (χ2n) is 3.17. The van der Waals surface area contributed by atoms with Crippen molar-refractivity contribution in [1.82, 2.24) is 15.3 Å². The maximum Gasteiger partial charge on any atom is 0.208 e. The summed E-state index contributed by atoms with van der Waals surface area (Å²) in [5.74, 6) is 1.53. The highest BCUT2D eigenvalue weighted by Crippen LogP contribution is 2.27. The van der Waals surface area contributed by atoms with Crippen LogP contribution in [0.3, 0.4) is 0 Å². The summed E-state index contributed by atoms with van der Waals surface area (Å²) in [6, 6.07) is 0. The highest BCUT2D eigenvalue weighted by Gasteiger charge is 2.10.